The zero-order valence-electron chi connectivity index (χ0n) is 13.5. The van der Waals surface area contributed by atoms with Gasteiger partial charge in [-0.1, -0.05) is 58.4 Å². The minimum absolute atomic E-state index is 0.0193. The lowest BCUT2D eigenvalue weighted by atomic mass is 10.1. The largest absolute Gasteiger partial charge is 0.370 e. The van der Waals surface area contributed by atoms with Crippen LogP contribution in [0.1, 0.15) is 23.3 Å². The van der Waals surface area contributed by atoms with E-state index >= 15 is 0 Å². The molecule has 0 radical (unpaired) electrons. The molecule has 2 aromatic rings. The van der Waals surface area contributed by atoms with Crippen molar-refractivity contribution in [2.24, 2.45) is 0 Å². The quantitative estimate of drug-likeness (QED) is 0.799. The summed E-state index contributed by atoms with van der Waals surface area (Å²) < 4.78 is 12.3. The summed E-state index contributed by atoms with van der Waals surface area (Å²) in [5.41, 5.74) is 1.95. The lowest BCUT2D eigenvalue weighted by molar-refractivity contribution is -0.150. The smallest absolute Gasteiger partial charge is 0.256 e. The number of carbonyl (C=O) groups is 1. The van der Waals surface area contributed by atoms with Crippen LogP contribution in [0, 0.1) is 0 Å². The van der Waals surface area contributed by atoms with E-state index in [0.29, 0.717) is 19.7 Å². The van der Waals surface area contributed by atoms with Gasteiger partial charge in [-0.2, -0.15) is 0 Å². The van der Waals surface area contributed by atoms with Gasteiger partial charge in [0.1, 0.15) is 6.10 Å². The summed E-state index contributed by atoms with van der Waals surface area (Å²) in [7, 11) is 1.57. The monoisotopic (exact) mass is 389 g/mol. The molecule has 1 saturated heterocycles. The van der Waals surface area contributed by atoms with Crippen molar-refractivity contribution in [3.63, 3.8) is 0 Å². The standard InChI is InChI=1S/C19H20BrNO3/c1-23-18(15-5-3-2-4-6-15)19(22)21-11-12-24-17(13-21)14-7-9-16(20)10-8-14/h2-10,17-18H,11-13H2,1H3/t17-,18-/m0/s1. The zero-order valence-corrected chi connectivity index (χ0v) is 15.1. The number of hydrogen-bond acceptors (Lipinski definition) is 3. The predicted molar refractivity (Wildman–Crippen MR) is 95.6 cm³/mol. The molecule has 1 amide bonds. The summed E-state index contributed by atoms with van der Waals surface area (Å²) in [4.78, 5) is 14.7. The van der Waals surface area contributed by atoms with Crippen molar-refractivity contribution >= 4 is 21.8 Å². The maximum atomic E-state index is 12.9. The van der Waals surface area contributed by atoms with E-state index < -0.39 is 6.10 Å². The average Bonchev–Trinajstić information content (AvgIpc) is 2.64. The van der Waals surface area contributed by atoms with E-state index in [1.54, 1.807) is 7.11 Å². The first-order valence-corrected chi connectivity index (χ1v) is 8.72. The lowest BCUT2D eigenvalue weighted by Crippen LogP contribution is -2.44. The third-order valence-electron chi connectivity index (χ3n) is 4.18. The highest BCUT2D eigenvalue weighted by Crippen LogP contribution is 2.27. The Morgan fingerprint density at radius 3 is 2.58 bits per heavy atom. The van der Waals surface area contributed by atoms with Crippen LogP contribution in [-0.4, -0.2) is 37.6 Å². The van der Waals surface area contributed by atoms with E-state index in [4.69, 9.17) is 9.47 Å². The molecule has 0 unspecified atom stereocenters. The molecule has 1 fully saturated rings. The molecule has 2 aromatic carbocycles. The van der Waals surface area contributed by atoms with Crippen LogP contribution < -0.4 is 0 Å². The predicted octanol–water partition coefficient (Wildman–Crippen LogP) is 3.74. The number of benzene rings is 2. The average molecular weight is 390 g/mol. The fourth-order valence-corrected chi connectivity index (χ4v) is 3.17. The van der Waals surface area contributed by atoms with Gasteiger partial charge in [-0.25, -0.2) is 0 Å². The number of halogens is 1. The third-order valence-corrected chi connectivity index (χ3v) is 4.71. The van der Waals surface area contributed by atoms with Crippen LogP contribution in [0.25, 0.3) is 0 Å². The maximum absolute atomic E-state index is 12.9. The first-order valence-electron chi connectivity index (χ1n) is 7.92. The van der Waals surface area contributed by atoms with E-state index in [1.165, 1.54) is 0 Å². The zero-order chi connectivity index (χ0) is 16.9. The van der Waals surface area contributed by atoms with Gasteiger partial charge in [-0.15, -0.1) is 0 Å². The van der Waals surface area contributed by atoms with Crippen molar-refractivity contribution in [3.8, 4) is 0 Å². The first kappa shape index (κ1) is 17.1. The van der Waals surface area contributed by atoms with Gasteiger partial charge in [0.05, 0.1) is 13.2 Å². The van der Waals surface area contributed by atoms with Gasteiger partial charge in [-0.3, -0.25) is 4.79 Å². The fraction of sp³-hybridized carbons (Fsp3) is 0.316. The Bertz CT molecular complexity index is 675. The van der Waals surface area contributed by atoms with E-state index in [0.717, 1.165) is 15.6 Å². The highest BCUT2D eigenvalue weighted by Gasteiger charge is 2.30. The molecule has 3 rings (SSSR count). The minimum atomic E-state index is -0.574. The number of morpholine rings is 1. The summed E-state index contributed by atoms with van der Waals surface area (Å²) in [6.45, 7) is 1.64. The number of amides is 1. The number of rotatable bonds is 4. The van der Waals surface area contributed by atoms with Crippen LogP contribution >= 0.6 is 15.9 Å². The molecule has 0 bridgehead atoms. The van der Waals surface area contributed by atoms with Crippen molar-refractivity contribution in [1.29, 1.82) is 0 Å². The topological polar surface area (TPSA) is 38.8 Å². The molecule has 0 aromatic heterocycles. The van der Waals surface area contributed by atoms with Crippen molar-refractivity contribution in [2.45, 2.75) is 12.2 Å². The molecular formula is C19H20BrNO3. The van der Waals surface area contributed by atoms with Crippen LogP contribution in [0.4, 0.5) is 0 Å². The number of nitrogens with zero attached hydrogens (tertiary/aromatic N) is 1. The van der Waals surface area contributed by atoms with Gasteiger partial charge in [0.15, 0.2) is 6.10 Å². The van der Waals surface area contributed by atoms with E-state index in [-0.39, 0.29) is 12.0 Å². The van der Waals surface area contributed by atoms with Gasteiger partial charge < -0.3 is 14.4 Å². The van der Waals surface area contributed by atoms with E-state index in [1.807, 2.05) is 59.5 Å². The number of hydrogen-bond donors (Lipinski definition) is 0. The molecular weight excluding hydrogens is 370 g/mol. The van der Waals surface area contributed by atoms with Crippen molar-refractivity contribution in [3.05, 3.63) is 70.2 Å². The molecule has 24 heavy (non-hydrogen) atoms. The summed E-state index contributed by atoms with van der Waals surface area (Å²) in [5.74, 6) is -0.0193. The molecule has 1 heterocycles. The molecule has 0 saturated carbocycles. The Labute approximate surface area is 150 Å². The summed E-state index contributed by atoms with van der Waals surface area (Å²) in [6.07, 6.45) is -0.682. The van der Waals surface area contributed by atoms with Gasteiger partial charge in [0.2, 0.25) is 0 Å². The highest BCUT2D eigenvalue weighted by atomic mass is 79.9. The third kappa shape index (κ3) is 3.86. The number of ether oxygens (including phenoxy) is 2. The molecule has 2 atom stereocenters. The van der Waals surface area contributed by atoms with Gasteiger partial charge in [0.25, 0.3) is 5.91 Å². The second-order valence-electron chi connectivity index (χ2n) is 5.72. The SMILES string of the molecule is CO[C@H](C(=O)N1CCO[C@H](c2ccc(Br)cc2)C1)c1ccccc1. The molecule has 1 aliphatic heterocycles. The second kappa shape index (κ2) is 7.92. The number of methoxy groups -OCH3 is 1. The van der Waals surface area contributed by atoms with Crippen LogP contribution in [-0.2, 0) is 14.3 Å². The van der Waals surface area contributed by atoms with Crippen LogP contribution in [0.2, 0.25) is 0 Å². The molecule has 1 aliphatic rings. The Morgan fingerprint density at radius 1 is 1.21 bits per heavy atom. The van der Waals surface area contributed by atoms with Crippen LogP contribution in [0.5, 0.6) is 0 Å². The Hall–Kier alpha value is -1.69. The lowest BCUT2D eigenvalue weighted by Gasteiger charge is -2.35. The van der Waals surface area contributed by atoms with Crippen molar-refractivity contribution in [1.82, 2.24) is 4.90 Å². The molecule has 4 nitrogen and oxygen atoms in total. The molecule has 0 spiro atoms. The van der Waals surface area contributed by atoms with Crippen molar-refractivity contribution < 1.29 is 14.3 Å². The van der Waals surface area contributed by atoms with Gasteiger partial charge >= 0.3 is 0 Å². The normalized spacial score (nSPS) is 19.1. The Morgan fingerprint density at radius 2 is 1.92 bits per heavy atom. The van der Waals surface area contributed by atoms with Crippen LogP contribution in [0.3, 0.4) is 0 Å². The molecule has 126 valence electrons. The summed E-state index contributed by atoms with van der Waals surface area (Å²) >= 11 is 3.44. The number of carbonyl (C=O) groups excluding carboxylic acids is 1. The minimum Gasteiger partial charge on any atom is -0.370 e. The summed E-state index contributed by atoms with van der Waals surface area (Å²) in [5, 5.41) is 0. The summed E-state index contributed by atoms with van der Waals surface area (Å²) in [6, 6.07) is 17.6. The van der Waals surface area contributed by atoms with E-state index in [9.17, 15) is 4.79 Å². The van der Waals surface area contributed by atoms with Crippen molar-refractivity contribution in [2.75, 3.05) is 26.8 Å². The van der Waals surface area contributed by atoms with Gasteiger partial charge in [-0.05, 0) is 23.3 Å². The van der Waals surface area contributed by atoms with E-state index in [2.05, 4.69) is 15.9 Å². The van der Waals surface area contributed by atoms with Gasteiger partial charge in [0, 0.05) is 18.1 Å². The molecule has 0 N–H and O–H groups in total. The molecule has 5 heteroatoms. The first-order chi connectivity index (χ1) is 11.7. The Balaban J connectivity index is 1.73. The Kier molecular flexibility index (Phi) is 5.66. The highest BCUT2D eigenvalue weighted by molar-refractivity contribution is 9.10. The second-order valence-corrected chi connectivity index (χ2v) is 6.64. The molecule has 0 aliphatic carbocycles. The van der Waals surface area contributed by atoms with Crippen LogP contribution in [0.15, 0.2) is 59.1 Å². The maximum Gasteiger partial charge on any atom is 0.256 e. The fourth-order valence-electron chi connectivity index (χ4n) is 2.90.